The number of fused-ring (bicyclic) bond motifs is 2. The first kappa shape index (κ1) is 19.1. The van der Waals surface area contributed by atoms with Crippen LogP contribution < -0.4 is 4.90 Å². The van der Waals surface area contributed by atoms with E-state index in [1.165, 1.54) is 54.6 Å². The Bertz CT molecular complexity index is 884. The van der Waals surface area contributed by atoms with Crippen molar-refractivity contribution in [2.24, 2.45) is 17.8 Å². The van der Waals surface area contributed by atoms with Crippen molar-refractivity contribution in [3.05, 3.63) is 41.2 Å². The zero-order valence-electron chi connectivity index (χ0n) is 15.8. The molecule has 148 valence electrons. The predicted octanol–water partition coefficient (Wildman–Crippen LogP) is 4.84. The number of thiazole rings is 1. The monoisotopic (exact) mass is 402 g/mol. The summed E-state index contributed by atoms with van der Waals surface area (Å²) in [5.74, 6) is 0.940. The Morgan fingerprint density at radius 1 is 1.29 bits per heavy atom. The molecular formula is C21H23FN2O3S. The number of carbonyl (C=O) groups is 2. The van der Waals surface area contributed by atoms with Gasteiger partial charge in [-0.25, -0.2) is 9.37 Å². The van der Waals surface area contributed by atoms with Crippen LogP contribution in [0.2, 0.25) is 0 Å². The number of esters is 1. The Labute approximate surface area is 167 Å². The number of nitrogens with zero attached hydrogens (tertiary/aromatic N) is 2. The maximum absolute atomic E-state index is 14.1. The van der Waals surface area contributed by atoms with Gasteiger partial charge in [-0.05, 0) is 49.1 Å². The molecule has 4 rings (SSSR count). The first-order valence-corrected chi connectivity index (χ1v) is 10.5. The van der Waals surface area contributed by atoms with Gasteiger partial charge in [0.1, 0.15) is 12.4 Å². The van der Waals surface area contributed by atoms with Crippen LogP contribution in [0.25, 0.3) is 0 Å². The van der Waals surface area contributed by atoms with Crippen molar-refractivity contribution in [2.45, 2.75) is 45.6 Å². The van der Waals surface area contributed by atoms with E-state index in [0.717, 1.165) is 12.3 Å². The van der Waals surface area contributed by atoms with E-state index in [9.17, 15) is 14.0 Å². The van der Waals surface area contributed by atoms with Gasteiger partial charge in [0.05, 0.1) is 11.4 Å². The van der Waals surface area contributed by atoms with Gasteiger partial charge in [-0.2, -0.15) is 0 Å². The molecule has 7 heteroatoms. The van der Waals surface area contributed by atoms with Crippen LogP contribution in [-0.2, 0) is 20.9 Å². The summed E-state index contributed by atoms with van der Waals surface area (Å²) in [5.41, 5.74) is 0.716. The molecule has 0 N–H and O–H groups in total. The molecule has 5 nitrogen and oxygen atoms in total. The van der Waals surface area contributed by atoms with Crippen molar-refractivity contribution < 1.29 is 18.7 Å². The Morgan fingerprint density at radius 2 is 2.11 bits per heavy atom. The van der Waals surface area contributed by atoms with E-state index >= 15 is 0 Å². The lowest BCUT2D eigenvalue weighted by Crippen LogP contribution is -2.23. The summed E-state index contributed by atoms with van der Waals surface area (Å²) >= 11 is 1.22. The second kappa shape index (κ2) is 7.99. The molecule has 2 aromatic rings. The zero-order valence-corrected chi connectivity index (χ0v) is 16.6. The summed E-state index contributed by atoms with van der Waals surface area (Å²) in [7, 11) is 0. The first-order chi connectivity index (χ1) is 13.5. The minimum Gasteiger partial charge on any atom is -0.459 e. The van der Waals surface area contributed by atoms with Crippen LogP contribution in [-0.4, -0.2) is 16.9 Å². The molecule has 1 aromatic carbocycles. The smallest absolute Gasteiger partial charge is 0.306 e. The van der Waals surface area contributed by atoms with Crippen LogP contribution in [0.1, 0.15) is 44.7 Å². The average Bonchev–Trinajstić information content (AvgIpc) is 3.39. The number of aromatic nitrogens is 1. The Balaban J connectivity index is 1.37. The quantitative estimate of drug-likeness (QED) is 0.649. The van der Waals surface area contributed by atoms with E-state index in [1.807, 2.05) is 0 Å². The van der Waals surface area contributed by atoms with Crippen LogP contribution in [0.3, 0.4) is 0 Å². The highest BCUT2D eigenvalue weighted by atomic mass is 32.1. The number of para-hydroxylation sites is 1. The fourth-order valence-electron chi connectivity index (χ4n) is 4.56. The summed E-state index contributed by atoms with van der Waals surface area (Å²) in [6.45, 7) is 1.43. The highest BCUT2D eigenvalue weighted by Gasteiger charge is 2.40. The number of halogens is 1. The molecular weight excluding hydrogens is 379 g/mol. The fourth-order valence-corrected chi connectivity index (χ4v) is 5.42. The molecule has 2 saturated carbocycles. The summed E-state index contributed by atoms with van der Waals surface area (Å²) < 4.78 is 19.5. The van der Waals surface area contributed by atoms with Gasteiger partial charge in [0.15, 0.2) is 5.13 Å². The van der Waals surface area contributed by atoms with Crippen LogP contribution in [0.5, 0.6) is 0 Å². The summed E-state index contributed by atoms with van der Waals surface area (Å²) in [6.07, 6.45) is 5.45. The van der Waals surface area contributed by atoms with Crippen molar-refractivity contribution in [2.75, 3.05) is 4.90 Å². The molecule has 1 aromatic heterocycles. The van der Waals surface area contributed by atoms with Crippen LogP contribution in [0.15, 0.2) is 29.6 Å². The second-order valence-electron chi connectivity index (χ2n) is 7.73. The van der Waals surface area contributed by atoms with E-state index in [1.54, 1.807) is 17.5 Å². The molecule has 28 heavy (non-hydrogen) atoms. The van der Waals surface area contributed by atoms with Gasteiger partial charge in [-0.1, -0.05) is 18.6 Å². The minimum atomic E-state index is -0.494. The number of ether oxygens (including phenoxy) is 1. The molecule has 0 saturated heterocycles. The second-order valence-corrected chi connectivity index (χ2v) is 8.56. The number of carbonyl (C=O) groups excluding carboxylic acids is 2. The first-order valence-electron chi connectivity index (χ1n) is 9.66. The fraction of sp³-hybridized carbons (Fsp3) is 0.476. The molecule has 0 spiro atoms. The zero-order chi connectivity index (χ0) is 19.7. The van der Waals surface area contributed by atoms with Crippen LogP contribution in [0.4, 0.5) is 15.2 Å². The molecule has 1 amide bonds. The number of benzene rings is 1. The molecule has 2 aliphatic carbocycles. The normalized spacial score (nSPS) is 23.0. The van der Waals surface area contributed by atoms with Gasteiger partial charge >= 0.3 is 5.97 Å². The Hall–Kier alpha value is -2.28. The largest absolute Gasteiger partial charge is 0.459 e. The molecule has 0 radical (unpaired) electrons. The lowest BCUT2D eigenvalue weighted by Gasteiger charge is -2.20. The van der Waals surface area contributed by atoms with Crippen molar-refractivity contribution >= 4 is 34.0 Å². The lowest BCUT2D eigenvalue weighted by molar-refractivity contribution is -0.146. The van der Waals surface area contributed by atoms with Gasteiger partial charge in [0, 0.05) is 18.7 Å². The van der Waals surface area contributed by atoms with E-state index in [2.05, 4.69) is 4.98 Å². The van der Waals surface area contributed by atoms with Gasteiger partial charge in [-0.15, -0.1) is 11.3 Å². The minimum absolute atomic E-state index is 0.0686. The van der Waals surface area contributed by atoms with Crippen molar-refractivity contribution in [3.63, 3.8) is 0 Å². The SMILES string of the molecule is CC(=O)N(c1nc(COC(=O)C[C@@H]2C[C@@H]3CC[C@@H]2C3)cs1)c1ccccc1F. The lowest BCUT2D eigenvalue weighted by atomic mass is 9.86. The Morgan fingerprint density at radius 3 is 2.79 bits per heavy atom. The van der Waals surface area contributed by atoms with Gasteiger partial charge < -0.3 is 4.74 Å². The molecule has 0 unspecified atom stereocenters. The summed E-state index contributed by atoms with van der Waals surface area (Å²) in [4.78, 5) is 29.9. The topological polar surface area (TPSA) is 59.5 Å². The average molecular weight is 402 g/mol. The Kier molecular flexibility index (Phi) is 5.44. The predicted molar refractivity (Wildman–Crippen MR) is 105 cm³/mol. The highest BCUT2D eigenvalue weighted by Crippen LogP contribution is 2.49. The van der Waals surface area contributed by atoms with E-state index in [0.29, 0.717) is 29.1 Å². The molecule has 1 heterocycles. The molecule has 2 bridgehead atoms. The number of hydrogen-bond donors (Lipinski definition) is 0. The summed E-state index contributed by atoms with van der Waals surface area (Å²) in [5, 5.41) is 2.09. The molecule has 0 aliphatic heterocycles. The number of amides is 1. The summed E-state index contributed by atoms with van der Waals surface area (Å²) in [6, 6.07) is 6.07. The van der Waals surface area contributed by atoms with Gasteiger partial charge in [0.2, 0.25) is 5.91 Å². The van der Waals surface area contributed by atoms with Crippen LogP contribution in [0, 0.1) is 23.6 Å². The molecule has 3 atom stereocenters. The number of hydrogen-bond acceptors (Lipinski definition) is 5. The maximum Gasteiger partial charge on any atom is 0.306 e. The van der Waals surface area contributed by atoms with E-state index in [-0.39, 0.29) is 24.2 Å². The third-order valence-corrected chi connectivity index (χ3v) is 6.71. The molecule has 2 aliphatic rings. The van der Waals surface area contributed by atoms with Crippen molar-refractivity contribution in [3.8, 4) is 0 Å². The van der Waals surface area contributed by atoms with Crippen molar-refractivity contribution in [1.82, 2.24) is 4.98 Å². The maximum atomic E-state index is 14.1. The van der Waals surface area contributed by atoms with Crippen molar-refractivity contribution in [1.29, 1.82) is 0 Å². The standard InChI is InChI=1S/C21H23FN2O3S/c1-13(25)24(19-5-3-2-4-18(19)22)21-23-17(12-28-21)11-27-20(26)10-16-9-14-6-7-15(16)8-14/h2-5,12,14-16H,6-11H2,1H3/t14-,15-,16+/m1/s1. The van der Waals surface area contributed by atoms with Gasteiger partial charge in [-0.3, -0.25) is 14.5 Å². The van der Waals surface area contributed by atoms with Crippen LogP contribution >= 0.6 is 11.3 Å². The number of anilines is 2. The number of rotatable bonds is 6. The third kappa shape index (κ3) is 3.94. The van der Waals surface area contributed by atoms with E-state index < -0.39 is 5.82 Å². The third-order valence-electron chi connectivity index (χ3n) is 5.83. The molecule has 2 fully saturated rings. The highest BCUT2D eigenvalue weighted by molar-refractivity contribution is 7.14. The van der Waals surface area contributed by atoms with E-state index in [4.69, 9.17) is 4.74 Å². The van der Waals surface area contributed by atoms with Gasteiger partial charge in [0.25, 0.3) is 0 Å².